The minimum atomic E-state index is 0. The van der Waals surface area contributed by atoms with E-state index in [1.54, 1.807) is 0 Å². The first kappa shape index (κ1) is 12.3. The van der Waals surface area contributed by atoms with Crippen molar-refractivity contribution >= 4 is 12.4 Å². The van der Waals surface area contributed by atoms with Gasteiger partial charge in [-0.3, -0.25) is 0 Å². The molecule has 0 unspecified atom stereocenters. The van der Waals surface area contributed by atoms with Gasteiger partial charge in [-0.15, -0.1) is 12.4 Å². The van der Waals surface area contributed by atoms with Crippen molar-refractivity contribution < 1.29 is 4.74 Å². The number of hydrogen-bond donors (Lipinski definition) is 1. The van der Waals surface area contributed by atoms with E-state index in [0.717, 1.165) is 25.0 Å². The van der Waals surface area contributed by atoms with Crippen LogP contribution in [0.5, 0.6) is 0 Å². The van der Waals surface area contributed by atoms with Crippen LogP contribution in [0.15, 0.2) is 0 Å². The average Bonchev–Trinajstić information content (AvgIpc) is 2.11. The van der Waals surface area contributed by atoms with Crippen molar-refractivity contribution in [3.63, 3.8) is 0 Å². The van der Waals surface area contributed by atoms with E-state index in [9.17, 15) is 0 Å². The van der Waals surface area contributed by atoms with Gasteiger partial charge in [-0.1, -0.05) is 6.42 Å². The van der Waals surface area contributed by atoms with E-state index in [0.29, 0.717) is 0 Å². The largest absolute Gasteiger partial charge is 0.381 e. The van der Waals surface area contributed by atoms with Crippen LogP contribution in [0.3, 0.4) is 0 Å². The number of rotatable bonds is 4. The molecule has 2 fully saturated rings. The fourth-order valence-electron chi connectivity index (χ4n) is 2.11. The van der Waals surface area contributed by atoms with Gasteiger partial charge in [0.1, 0.15) is 0 Å². The summed E-state index contributed by atoms with van der Waals surface area (Å²) in [6.07, 6.45) is 6.87. The highest BCUT2D eigenvalue weighted by Gasteiger charge is 2.18. The Hall–Kier alpha value is 0.210. The van der Waals surface area contributed by atoms with Gasteiger partial charge in [0.2, 0.25) is 0 Å². The lowest BCUT2D eigenvalue weighted by molar-refractivity contribution is 0.0413. The van der Waals surface area contributed by atoms with Crippen LogP contribution in [0.25, 0.3) is 0 Å². The van der Waals surface area contributed by atoms with E-state index < -0.39 is 0 Å². The maximum Gasteiger partial charge on any atom is 0.0495 e. The Morgan fingerprint density at radius 1 is 0.929 bits per heavy atom. The minimum absolute atomic E-state index is 0. The van der Waals surface area contributed by atoms with Crippen LogP contribution in [-0.2, 0) is 4.74 Å². The van der Waals surface area contributed by atoms with Crippen LogP contribution in [0, 0.1) is 11.8 Å². The van der Waals surface area contributed by atoms with E-state index in [-0.39, 0.29) is 12.4 Å². The summed E-state index contributed by atoms with van der Waals surface area (Å²) in [6.45, 7) is 4.43. The summed E-state index contributed by atoms with van der Waals surface area (Å²) < 4.78 is 5.75. The first-order valence-electron chi connectivity index (χ1n) is 5.73. The zero-order chi connectivity index (χ0) is 8.93. The van der Waals surface area contributed by atoms with Crippen molar-refractivity contribution in [2.24, 2.45) is 11.8 Å². The first-order valence-corrected chi connectivity index (χ1v) is 5.73. The van der Waals surface area contributed by atoms with Crippen molar-refractivity contribution in [1.82, 2.24) is 5.32 Å². The van der Waals surface area contributed by atoms with Crippen molar-refractivity contribution in [1.29, 1.82) is 0 Å². The van der Waals surface area contributed by atoms with Gasteiger partial charge in [-0.2, -0.15) is 0 Å². The number of ether oxygens (including phenoxy) is 1. The second kappa shape index (κ2) is 6.65. The molecular weight excluding hydrogens is 198 g/mol. The minimum Gasteiger partial charge on any atom is -0.381 e. The molecule has 0 atom stereocenters. The van der Waals surface area contributed by atoms with Gasteiger partial charge >= 0.3 is 0 Å². The molecule has 0 amide bonds. The molecule has 0 aromatic heterocycles. The Kier molecular flexibility index (Phi) is 5.83. The molecule has 0 aromatic rings. The van der Waals surface area contributed by atoms with E-state index in [1.165, 1.54) is 45.2 Å². The summed E-state index contributed by atoms with van der Waals surface area (Å²) in [5.74, 6) is 1.74. The molecule has 1 saturated heterocycles. The third-order valence-electron chi connectivity index (χ3n) is 3.39. The van der Waals surface area contributed by atoms with Crippen LogP contribution >= 0.6 is 12.4 Å². The van der Waals surface area contributed by atoms with E-state index >= 15 is 0 Å². The molecule has 84 valence electrons. The topological polar surface area (TPSA) is 21.3 Å². The highest BCUT2D eigenvalue weighted by molar-refractivity contribution is 5.85. The molecule has 3 heteroatoms. The lowest BCUT2D eigenvalue weighted by Crippen LogP contribution is -2.30. The zero-order valence-electron chi connectivity index (χ0n) is 8.84. The number of nitrogens with one attached hydrogen (secondary N) is 1. The molecule has 1 N–H and O–H groups in total. The maximum absolute atomic E-state index is 5.75. The average molecular weight is 220 g/mol. The van der Waals surface area contributed by atoms with Crippen molar-refractivity contribution in [3.8, 4) is 0 Å². The molecule has 2 nitrogen and oxygen atoms in total. The molecule has 1 aliphatic heterocycles. The van der Waals surface area contributed by atoms with Gasteiger partial charge in [0.25, 0.3) is 0 Å². The van der Waals surface area contributed by atoms with Gasteiger partial charge in [0.15, 0.2) is 0 Å². The van der Waals surface area contributed by atoms with E-state index in [4.69, 9.17) is 4.74 Å². The van der Waals surface area contributed by atoms with Crippen LogP contribution in [-0.4, -0.2) is 26.3 Å². The summed E-state index contributed by atoms with van der Waals surface area (Å²) in [5, 5.41) is 3.38. The third kappa shape index (κ3) is 3.76. The SMILES string of the molecule is C1CC(COCC2CCNCC2)C1.Cl. The van der Waals surface area contributed by atoms with Gasteiger partial charge in [-0.05, 0) is 50.6 Å². The quantitative estimate of drug-likeness (QED) is 0.783. The number of halogens is 1. The number of piperidine rings is 1. The predicted molar refractivity (Wildman–Crippen MR) is 61.0 cm³/mol. The molecule has 1 saturated carbocycles. The van der Waals surface area contributed by atoms with E-state index in [1.807, 2.05) is 0 Å². The first-order chi connectivity index (χ1) is 6.45. The molecular formula is C11H22ClNO. The second-order valence-electron chi connectivity index (χ2n) is 4.53. The standard InChI is InChI=1S/C11H21NO.ClH/c1-2-10(3-1)8-13-9-11-4-6-12-7-5-11;/h10-12H,1-9H2;1H. The Labute approximate surface area is 93.2 Å². The molecule has 0 bridgehead atoms. The van der Waals surface area contributed by atoms with Gasteiger partial charge < -0.3 is 10.1 Å². The van der Waals surface area contributed by atoms with Gasteiger partial charge in [0, 0.05) is 13.2 Å². The number of hydrogen-bond acceptors (Lipinski definition) is 2. The maximum atomic E-state index is 5.75. The van der Waals surface area contributed by atoms with Gasteiger partial charge in [0.05, 0.1) is 0 Å². The third-order valence-corrected chi connectivity index (χ3v) is 3.39. The smallest absolute Gasteiger partial charge is 0.0495 e. The molecule has 14 heavy (non-hydrogen) atoms. The molecule has 2 rings (SSSR count). The molecule has 0 aromatic carbocycles. The Morgan fingerprint density at radius 3 is 2.00 bits per heavy atom. The Balaban J connectivity index is 0.000000980. The molecule has 1 heterocycles. The fourth-order valence-corrected chi connectivity index (χ4v) is 2.11. The molecule has 0 spiro atoms. The van der Waals surface area contributed by atoms with Crippen molar-refractivity contribution in [3.05, 3.63) is 0 Å². The predicted octanol–water partition coefficient (Wildman–Crippen LogP) is 2.22. The fraction of sp³-hybridized carbons (Fsp3) is 1.00. The highest BCUT2D eigenvalue weighted by atomic mass is 35.5. The van der Waals surface area contributed by atoms with Crippen molar-refractivity contribution in [2.75, 3.05) is 26.3 Å². The lowest BCUT2D eigenvalue weighted by atomic mass is 9.86. The highest BCUT2D eigenvalue weighted by Crippen LogP contribution is 2.26. The van der Waals surface area contributed by atoms with Crippen molar-refractivity contribution in [2.45, 2.75) is 32.1 Å². The summed E-state index contributed by atoms with van der Waals surface area (Å²) in [7, 11) is 0. The van der Waals surface area contributed by atoms with E-state index in [2.05, 4.69) is 5.32 Å². The normalized spacial score (nSPS) is 24.0. The molecule has 0 radical (unpaired) electrons. The summed E-state index contributed by atoms with van der Waals surface area (Å²) in [4.78, 5) is 0. The summed E-state index contributed by atoms with van der Waals surface area (Å²) in [5.41, 5.74) is 0. The molecule has 1 aliphatic carbocycles. The lowest BCUT2D eigenvalue weighted by Gasteiger charge is -2.27. The zero-order valence-corrected chi connectivity index (χ0v) is 9.65. The summed E-state index contributed by atoms with van der Waals surface area (Å²) in [6, 6.07) is 0. The Bertz CT molecular complexity index is 144. The van der Waals surface area contributed by atoms with Gasteiger partial charge in [-0.25, -0.2) is 0 Å². The second-order valence-corrected chi connectivity index (χ2v) is 4.53. The van der Waals surface area contributed by atoms with Crippen LogP contribution < -0.4 is 5.32 Å². The summed E-state index contributed by atoms with van der Waals surface area (Å²) >= 11 is 0. The van der Waals surface area contributed by atoms with Crippen LogP contribution in [0.2, 0.25) is 0 Å². The molecule has 2 aliphatic rings. The van der Waals surface area contributed by atoms with Crippen LogP contribution in [0.1, 0.15) is 32.1 Å². The Morgan fingerprint density at radius 2 is 1.50 bits per heavy atom. The van der Waals surface area contributed by atoms with Crippen LogP contribution in [0.4, 0.5) is 0 Å². The monoisotopic (exact) mass is 219 g/mol.